The molecule has 4 heteroatoms. The second kappa shape index (κ2) is 11.0. The number of halogens is 1. The number of thioether (sulfide) groups is 1. The Hall–Kier alpha value is -1.32. The van der Waals surface area contributed by atoms with E-state index in [0.29, 0.717) is 5.75 Å². The number of anilines is 1. The summed E-state index contributed by atoms with van der Waals surface area (Å²) < 4.78 is 0. The van der Waals surface area contributed by atoms with Crippen molar-refractivity contribution in [2.24, 2.45) is 0 Å². The lowest BCUT2D eigenvalue weighted by atomic mass is 9.73. The number of aromatic hydroxyl groups is 1. The van der Waals surface area contributed by atoms with Gasteiger partial charge in [-0.25, -0.2) is 0 Å². The Kier molecular flexibility index (Phi) is 8.72. The molecule has 0 amide bonds. The summed E-state index contributed by atoms with van der Waals surface area (Å²) in [5.74, 6) is 0.452. The molecule has 0 radical (unpaired) electrons. The summed E-state index contributed by atoms with van der Waals surface area (Å²) in [7, 11) is 0. The van der Waals surface area contributed by atoms with E-state index in [0.717, 1.165) is 34.7 Å². The number of nitrogens with one attached hydrogen (secondary N) is 1. The van der Waals surface area contributed by atoms with Gasteiger partial charge in [0, 0.05) is 21.0 Å². The minimum Gasteiger partial charge on any atom is -0.507 e. The average molecular weight is 488 g/mol. The fourth-order valence-corrected chi connectivity index (χ4v) is 6.14. The molecule has 2 aromatic carbocycles. The summed E-state index contributed by atoms with van der Waals surface area (Å²) in [4.78, 5) is 1.18. The molecule has 1 heterocycles. The van der Waals surface area contributed by atoms with Gasteiger partial charge in [-0.05, 0) is 53.5 Å². The monoisotopic (exact) mass is 487 g/mol. The molecule has 0 fully saturated rings. The molecule has 0 saturated carbocycles. The van der Waals surface area contributed by atoms with Crippen molar-refractivity contribution in [3.05, 3.63) is 52.0 Å². The summed E-state index contributed by atoms with van der Waals surface area (Å²) in [6.07, 6.45) is 9.58. The molecule has 0 aliphatic carbocycles. The van der Waals surface area contributed by atoms with E-state index in [9.17, 15) is 5.11 Å². The number of phenolic OH excluding ortho intramolecular Hbond substituents is 1. The molecule has 0 bridgehead atoms. The van der Waals surface area contributed by atoms with E-state index in [1.807, 2.05) is 12.1 Å². The molecule has 0 saturated heterocycles. The van der Waals surface area contributed by atoms with E-state index in [-0.39, 0.29) is 16.2 Å². The predicted molar refractivity (Wildman–Crippen MR) is 146 cm³/mol. The number of phenols is 1. The molecule has 2 nitrogen and oxygen atoms in total. The molecule has 0 aromatic heterocycles. The molecular formula is C29H42ClNOS. The fourth-order valence-electron chi connectivity index (χ4n) is 4.83. The molecule has 1 aliphatic heterocycles. The lowest BCUT2D eigenvalue weighted by Gasteiger charge is -2.33. The maximum atomic E-state index is 11.6. The number of benzene rings is 2. The van der Waals surface area contributed by atoms with Crippen molar-refractivity contribution < 1.29 is 5.11 Å². The van der Waals surface area contributed by atoms with Gasteiger partial charge in [0.05, 0.1) is 5.69 Å². The van der Waals surface area contributed by atoms with Crippen LogP contribution in [0.5, 0.6) is 5.75 Å². The van der Waals surface area contributed by atoms with Crippen molar-refractivity contribution in [1.82, 2.24) is 0 Å². The number of hydrogen-bond acceptors (Lipinski definition) is 3. The van der Waals surface area contributed by atoms with Crippen molar-refractivity contribution in [3.8, 4) is 5.75 Å². The van der Waals surface area contributed by atoms with Gasteiger partial charge in [0.25, 0.3) is 0 Å². The first kappa shape index (κ1) is 26.3. The van der Waals surface area contributed by atoms with Gasteiger partial charge in [0.2, 0.25) is 0 Å². The van der Waals surface area contributed by atoms with Crippen LogP contribution in [0.25, 0.3) is 0 Å². The van der Waals surface area contributed by atoms with Crippen LogP contribution in [0.1, 0.15) is 115 Å². The van der Waals surface area contributed by atoms with Crippen molar-refractivity contribution in [1.29, 1.82) is 0 Å². The van der Waals surface area contributed by atoms with Crippen molar-refractivity contribution in [2.75, 3.05) is 5.32 Å². The van der Waals surface area contributed by atoms with Gasteiger partial charge in [-0.1, -0.05) is 109 Å². The third kappa shape index (κ3) is 6.22. The van der Waals surface area contributed by atoms with Gasteiger partial charge < -0.3 is 10.4 Å². The number of fused-ring (bicyclic) bond motifs is 1. The second-order valence-electron chi connectivity index (χ2n) is 10.9. The molecule has 1 aliphatic rings. The number of unbranched alkanes of at least 4 members (excludes halogenated alkanes) is 4. The third-order valence-corrected chi connectivity index (χ3v) is 8.67. The minimum atomic E-state index is -0.0804. The van der Waals surface area contributed by atoms with Crippen LogP contribution in [0.4, 0.5) is 5.69 Å². The molecule has 1 unspecified atom stereocenters. The lowest BCUT2D eigenvalue weighted by molar-refractivity contribution is 0.399. The largest absolute Gasteiger partial charge is 0.507 e. The lowest BCUT2D eigenvalue weighted by Crippen LogP contribution is -2.23. The van der Waals surface area contributed by atoms with E-state index in [4.69, 9.17) is 11.6 Å². The Labute approximate surface area is 210 Å². The van der Waals surface area contributed by atoms with Crippen LogP contribution in [0.3, 0.4) is 0 Å². The molecular weight excluding hydrogens is 446 g/mol. The SMILES string of the molecule is CCCCCC(C)(C)c1cc(C2Nc3cc(Cl)ccc3S2)c(O)c(C(C)(C)CCCCC)c1. The third-order valence-electron chi connectivity index (χ3n) is 7.22. The average Bonchev–Trinajstić information content (AvgIpc) is 3.16. The van der Waals surface area contributed by atoms with Crippen LogP contribution in [-0.2, 0) is 10.8 Å². The zero-order valence-electron chi connectivity index (χ0n) is 21.4. The number of rotatable bonds is 11. The van der Waals surface area contributed by atoms with E-state index in [2.05, 4.69) is 65.1 Å². The fraction of sp³-hybridized carbons (Fsp3) is 0.586. The second-order valence-corrected chi connectivity index (χ2v) is 12.5. The van der Waals surface area contributed by atoms with Crippen molar-refractivity contribution in [2.45, 2.75) is 114 Å². The van der Waals surface area contributed by atoms with Crippen LogP contribution in [0.2, 0.25) is 5.02 Å². The molecule has 1 atom stereocenters. The van der Waals surface area contributed by atoms with Crippen LogP contribution in [0.15, 0.2) is 35.2 Å². The van der Waals surface area contributed by atoms with Crippen molar-refractivity contribution in [3.63, 3.8) is 0 Å². The van der Waals surface area contributed by atoms with E-state index in [1.54, 1.807) is 11.8 Å². The van der Waals surface area contributed by atoms with Gasteiger partial charge in [0.15, 0.2) is 0 Å². The first-order valence-electron chi connectivity index (χ1n) is 12.7. The molecule has 182 valence electrons. The normalized spacial score (nSPS) is 16.0. The quantitative estimate of drug-likeness (QED) is 0.309. The Morgan fingerprint density at radius 2 is 1.55 bits per heavy atom. The van der Waals surface area contributed by atoms with Gasteiger partial charge >= 0.3 is 0 Å². The van der Waals surface area contributed by atoms with Gasteiger partial charge in [-0.3, -0.25) is 0 Å². The zero-order valence-corrected chi connectivity index (χ0v) is 22.9. The minimum absolute atomic E-state index is 0.0185. The van der Waals surface area contributed by atoms with Crippen LogP contribution in [-0.4, -0.2) is 5.11 Å². The zero-order chi connectivity index (χ0) is 24.2. The van der Waals surface area contributed by atoms with Gasteiger partial charge in [-0.2, -0.15) is 0 Å². The highest BCUT2D eigenvalue weighted by molar-refractivity contribution is 8.00. The maximum Gasteiger partial charge on any atom is 0.125 e. The van der Waals surface area contributed by atoms with Crippen LogP contribution in [0, 0.1) is 0 Å². The Morgan fingerprint density at radius 1 is 0.909 bits per heavy atom. The summed E-state index contributed by atoms with van der Waals surface area (Å²) in [6, 6.07) is 10.5. The molecule has 33 heavy (non-hydrogen) atoms. The van der Waals surface area contributed by atoms with Gasteiger partial charge in [0.1, 0.15) is 11.1 Å². The van der Waals surface area contributed by atoms with Crippen molar-refractivity contribution >= 4 is 29.1 Å². The van der Waals surface area contributed by atoms with Crippen LogP contribution < -0.4 is 5.32 Å². The highest BCUT2D eigenvalue weighted by Gasteiger charge is 2.33. The highest BCUT2D eigenvalue weighted by atomic mass is 35.5. The summed E-state index contributed by atoms with van der Waals surface area (Å²) in [6.45, 7) is 13.8. The van der Waals surface area contributed by atoms with Gasteiger partial charge in [-0.15, -0.1) is 0 Å². The topological polar surface area (TPSA) is 32.3 Å². The predicted octanol–water partition coefficient (Wildman–Crippen LogP) is 9.98. The molecule has 0 spiro atoms. The smallest absolute Gasteiger partial charge is 0.125 e. The molecule has 3 rings (SSSR count). The van der Waals surface area contributed by atoms with E-state index < -0.39 is 0 Å². The van der Waals surface area contributed by atoms with E-state index in [1.165, 1.54) is 49.0 Å². The Bertz CT molecular complexity index is 953. The van der Waals surface area contributed by atoms with E-state index >= 15 is 0 Å². The maximum absolute atomic E-state index is 11.6. The molecule has 2 N–H and O–H groups in total. The highest BCUT2D eigenvalue weighted by Crippen LogP contribution is 2.52. The molecule has 2 aromatic rings. The summed E-state index contributed by atoms with van der Waals surface area (Å²) in [5, 5.41) is 15.9. The first-order valence-corrected chi connectivity index (χ1v) is 14.0. The number of hydrogen-bond donors (Lipinski definition) is 2. The first-order chi connectivity index (χ1) is 15.6. The summed E-state index contributed by atoms with van der Waals surface area (Å²) in [5.41, 5.74) is 4.45. The Balaban J connectivity index is 2.03. The Morgan fingerprint density at radius 3 is 2.18 bits per heavy atom. The van der Waals surface area contributed by atoms with Crippen LogP contribution >= 0.6 is 23.4 Å². The standard InChI is InChI=1S/C29H42ClNOS/c1-7-9-11-15-28(3,4)20-17-22(27-31-24-19-21(30)13-14-25(24)33-27)26(32)23(18-20)29(5,6)16-12-10-8-2/h13-14,17-19,27,31-32H,7-12,15-16H2,1-6H3. The summed E-state index contributed by atoms with van der Waals surface area (Å²) >= 11 is 8.00.